The molecule has 2 nitrogen and oxygen atoms in total. The molecule has 0 saturated heterocycles. The minimum Gasteiger partial charge on any atom is -0.332 e. The molecule has 3 heteroatoms. The van der Waals surface area contributed by atoms with Gasteiger partial charge in [-0.1, -0.05) is 38.3 Å². The van der Waals surface area contributed by atoms with E-state index in [1.165, 1.54) is 0 Å². The maximum Gasteiger partial charge on any atom is 0.178 e. The Morgan fingerprint density at radius 3 is 2.93 bits per heavy atom. The Morgan fingerprint density at radius 2 is 2.33 bits per heavy atom. The normalized spacial score (nSPS) is 28.9. The van der Waals surface area contributed by atoms with Gasteiger partial charge < -0.3 is 4.90 Å². The second-order valence-corrected chi connectivity index (χ2v) is 5.63. The first-order valence-electron chi connectivity index (χ1n) is 5.03. The quantitative estimate of drug-likeness (QED) is 0.679. The monoisotopic (exact) mass is 221 g/mol. The molecular weight excluding hydrogens is 206 g/mol. The lowest BCUT2D eigenvalue weighted by molar-refractivity contribution is -0.119. The number of ketones is 1. The van der Waals surface area contributed by atoms with Crippen LogP contribution in [0, 0.1) is 5.41 Å². The van der Waals surface area contributed by atoms with Gasteiger partial charge in [0.05, 0.1) is 11.1 Å². The highest BCUT2D eigenvalue weighted by Crippen LogP contribution is 2.37. The van der Waals surface area contributed by atoms with Gasteiger partial charge >= 0.3 is 0 Å². The molecule has 0 amide bonds. The van der Waals surface area contributed by atoms with E-state index in [0.717, 1.165) is 11.4 Å². The first-order chi connectivity index (χ1) is 6.99. The van der Waals surface area contributed by atoms with Crippen LogP contribution in [0.2, 0.25) is 0 Å². The molecule has 1 heterocycles. The van der Waals surface area contributed by atoms with Gasteiger partial charge in [0.2, 0.25) is 0 Å². The Labute approximate surface area is 94.7 Å². The van der Waals surface area contributed by atoms with Crippen molar-refractivity contribution in [2.75, 3.05) is 0 Å². The second kappa shape index (κ2) is 3.56. The lowest BCUT2D eigenvalue weighted by atomic mass is 9.79. The number of carbonyl (C=O) groups excluding carboxylic acids is 1. The van der Waals surface area contributed by atoms with Crippen LogP contribution < -0.4 is 0 Å². The maximum atomic E-state index is 11.8. The van der Waals surface area contributed by atoms with Crippen molar-refractivity contribution in [3.8, 4) is 0 Å². The van der Waals surface area contributed by atoms with Crippen LogP contribution in [0.3, 0.4) is 0 Å². The first kappa shape index (κ1) is 10.6. The fraction of sp³-hybridized carbons (Fsp3) is 0.417. The molecule has 1 aliphatic heterocycles. The van der Waals surface area contributed by atoms with E-state index < -0.39 is 0 Å². The molecule has 1 aliphatic carbocycles. The molecule has 0 aromatic heterocycles. The summed E-state index contributed by atoms with van der Waals surface area (Å²) in [5.74, 6) is 0.183. The molecule has 15 heavy (non-hydrogen) atoms. The summed E-state index contributed by atoms with van der Waals surface area (Å²) in [6.45, 7) is 8.25. The molecule has 0 fully saturated rings. The average Bonchev–Trinajstić information content (AvgIpc) is 2.56. The molecule has 80 valence electrons. The van der Waals surface area contributed by atoms with Crippen molar-refractivity contribution in [3.05, 3.63) is 35.4 Å². The van der Waals surface area contributed by atoms with E-state index >= 15 is 0 Å². The zero-order chi connectivity index (χ0) is 11.1. The average molecular weight is 221 g/mol. The third-order valence-corrected chi connectivity index (χ3v) is 3.54. The van der Waals surface area contributed by atoms with E-state index in [1.54, 1.807) is 17.8 Å². The topological polar surface area (TPSA) is 20.3 Å². The van der Waals surface area contributed by atoms with E-state index in [1.807, 2.05) is 22.6 Å². The van der Waals surface area contributed by atoms with E-state index in [9.17, 15) is 4.79 Å². The van der Waals surface area contributed by atoms with Gasteiger partial charge in [0.1, 0.15) is 0 Å². The third-order valence-electron chi connectivity index (χ3n) is 2.80. The summed E-state index contributed by atoms with van der Waals surface area (Å²) < 4.78 is 0. The van der Waals surface area contributed by atoms with Crippen LogP contribution >= 0.6 is 11.8 Å². The zero-order valence-electron chi connectivity index (χ0n) is 9.06. The van der Waals surface area contributed by atoms with Crippen LogP contribution in [0.15, 0.2) is 35.4 Å². The van der Waals surface area contributed by atoms with E-state index in [2.05, 4.69) is 20.4 Å². The molecule has 0 bridgehead atoms. The SMILES string of the molecule is C=C1SC=CN1C1CC(C)(C)C=CC1=O. The van der Waals surface area contributed by atoms with Crippen LogP contribution in [0.25, 0.3) is 0 Å². The third kappa shape index (κ3) is 2.02. The number of hydrogen-bond acceptors (Lipinski definition) is 3. The first-order valence-corrected chi connectivity index (χ1v) is 5.91. The Bertz CT molecular complexity index is 368. The van der Waals surface area contributed by atoms with Crippen LogP contribution in [-0.2, 0) is 4.79 Å². The summed E-state index contributed by atoms with van der Waals surface area (Å²) in [5.41, 5.74) is 0.0972. The number of rotatable bonds is 1. The fourth-order valence-corrected chi connectivity index (χ4v) is 2.58. The van der Waals surface area contributed by atoms with Crippen molar-refractivity contribution in [1.29, 1.82) is 0 Å². The number of carbonyl (C=O) groups is 1. The van der Waals surface area contributed by atoms with Crippen molar-refractivity contribution in [1.82, 2.24) is 4.90 Å². The van der Waals surface area contributed by atoms with Crippen molar-refractivity contribution in [2.45, 2.75) is 26.3 Å². The standard InChI is InChI=1S/C12H15NOS/c1-9-13(6-7-15-9)10-8-12(2,3)5-4-11(10)14/h4-7,10H,1,8H2,2-3H3. The Balaban J connectivity index is 2.23. The number of thioether (sulfide) groups is 1. The van der Waals surface area contributed by atoms with E-state index in [0.29, 0.717) is 0 Å². The van der Waals surface area contributed by atoms with Crippen LogP contribution in [0.5, 0.6) is 0 Å². The summed E-state index contributed by atoms with van der Waals surface area (Å²) in [4.78, 5) is 13.8. The highest BCUT2D eigenvalue weighted by atomic mass is 32.2. The van der Waals surface area contributed by atoms with Crippen LogP contribution in [0.1, 0.15) is 20.3 Å². The Morgan fingerprint density at radius 1 is 1.60 bits per heavy atom. The highest BCUT2D eigenvalue weighted by Gasteiger charge is 2.34. The van der Waals surface area contributed by atoms with Gasteiger partial charge in [-0.2, -0.15) is 0 Å². The number of nitrogens with zero attached hydrogens (tertiary/aromatic N) is 1. The minimum absolute atomic E-state index is 0.0660. The van der Waals surface area contributed by atoms with Crippen molar-refractivity contribution >= 4 is 17.5 Å². The molecule has 0 spiro atoms. The smallest absolute Gasteiger partial charge is 0.178 e. The maximum absolute atomic E-state index is 11.8. The van der Waals surface area contributed by atoms with Gasteiger partial charge in [0.15, 0.2) is 5.78 Å². The fourth-order valence-electron chi connectivity index (χ4n) is 1.92. The summed E-state index contributed by atoms with van der Waals surface area (Å²) in [6.07, 6.45) is 6.51. The summed E-state index contributed by atoms with van der Waals surface area (Å²) in [6, 6.07) is -0.0660. The predicted molar refractivity (Wildman–Crippen MR) is 64.0 cm³/mol. The van der Waals surface area contributed by atoms with Crippen LogP contribution in [0.4, 0.5) is 0 Å². The second-order valence-electron chi connectivity index (χ2n) is 4.65. The van der Waals surface area contributed by atoms with Gasteiger partial charge in [0.25, 0.3) is 0 Å². The van der Waals surface area contributed by atoms with Crippen molar-refractivity contribution in [3.63, 3.8) is 0 Å². The summed E-state index contributed by atoms with van der Waals surface area (Å²) >= 11 is 1.58. The highest BCUT2D eigenvalue weighted by molar-refractivity contribution is 8.06. The molecule has 0 radical (unpaired) electrons. The summed E-state index contributed by atoms with van der Waals surface area (Å²) in [7, 11) is 0. The van der Waals surface area contributed by atoms with Gasteiger partial charge in [-0.15, -0.1) is 0 Å². The lowest BCUT2D eigenvalue weighted by Crippen LogP contribution is -2.40. The van der Waals surface area contributed by atoms with Gasteiger partial charge in [0, 0.05) is 6.20 Å². The number of hydrogen-bond donors (Lipinski definition) is 0. The van der Waals surface area contributed by atoms with E-state index in [-0.39, 0.29) is 17.2 Å². The molecule has 0 aromatic carbocycles. The minimum atomic E-state index is -0.0660. The Hall–Kier alpha value is -0.960. The molecule has 0 saturated carbocycles. The molecule has 0 aromatic rings. The molecule has 2 aliphatic rings. The number of allylic oxidation sites excluding steroid dienone is 1. The largest absolute Gasteiger partial charge is 0.332 e. The molecule has 1 atom stereocenters. The van der Waals surface area contributed by atoms with Crippen molar-refractivity contribution < 1.29 is 4.79 Å². The molecule has 0 N–H and O–H groups in total. The van der Waals surface area contributed by atoms with Crippen LogP contribution in [-0.4, -0.2) is 16.7 Å². The molecular formula is C12H15NOS. The van der Waals surface area contributed by atoms with E-state index in [4.69, 9.17) is 0 Å². The van der Waals surface area contributed by atoms with Gasteiger partial charge in [-0.05, 0) is 23.3 Å². The van der Waals surface area contributed by atoms with Crippen molar-refractivity contribution in [2.24, 2.45) is 5.41 Å². The molecule has 1 unspecified atom stereocenters. The van der Waals surface area contributed by atoms with Gasteiger partial charge in [-0.25, -0.2) is 0 Å². The summed E-state index contributed by atoms with van der Waals surface area (Å²) in [5, 5.41) is 2.92. The predicted octanol–water partition coefficient (Wildman–Crippen LogP) is 2.90. The zero-order valence-corrected chi connectivity index (χ0v) is 9.88. The Kier molecular flexibility index (Phi) is 2.51. The van der Waals surface area contributed by atoms with Gasteiger partial charge in [-0.3, -0.25) is 4.79 Å². The molecule has 2 rings (SSSR count). The lowest BCUT2D eigenvalue weighted by Gasteiger charge is -2.35.